The molecule has 0 aliphatic carbocycles. The maximum atomic E-state index is 12.6. The zero-order valence-electron chi connectivity index (χ0n) is 14.6. The number of H-pyrrole nitrogens is 1. The third-order valence-corrected chi connectivity index (χ3v) is 5.25. The molecule has 2 heterocycles. The molecule has 0 unspecified atom stereocenters. The zero-order valence-corrected chi connectivity index (χ0v) is 15.4. The van der Waals surface area contributed by atoms with Crippen molar-refractivity contribution in [2.24, 2.45) is 0 Å². The van der Waals surface area contributed by atoms with Crippen LogP contribution in [0.5, 0.6) is 0 Å². The van der Waals surface area contributed by atoms with E-state index in [1.165, 1.54) is 17.3 Å². The molecule has 3 aromatic rings. The Morgan fingerprint density at radius 2 is 2.00 bits per heavy atom. The Labute approximate surface area is 151 Å². The summed E-state index contributed by atoms with van der Waals surface area (Å²) in [6.45, 7) is 6.30. The van der Waals surface area contributed by atoms with Crippen molar-refractivity contribution in [3.63, 3.8) is 0 Å². The van der Waals surface area contributed by atoms with Gasteiger partial charge in [0, 0.05) is 11.9 Å². The lowest BCUT2D eigenvalue weighted by Gasteiger charge is -2.14. The van der Waals surface area contributed by atoms with E-state index in [1.807, 2.05) is 31.2 Å². The smallest absolute Gasteiger partial charge is 0.237 e. The van der Waals surface area contributed by atoms with Crippen molar-refractivity contribution < 1.29 is 4.79 Å². The number of hydrogen-bond donors (Lipinski definition) is 2. The number of amides is 1. The van der Waals surface area contributed by atoms with Crippen molar-refractivity contribution in [1.29, 1.82) is 0 Å². The number of pyridine rings is 1. The molecule has 0 spiro atoms. The number of hydrogen-bond acceptors (Lipinski definition) is 4. The van der Waals surface area contributed by atoms with Crippen LogP contribution in [0.15, 0.2) is 47.8 Å². The van der Waals surface area contributed by atoms with Gasteiger partial charge in [0.2, 0.25) is 5.91 Å². The van der Waals surface area contributed by atoms with Gasteiger partial charge in [-0.05, 0) is 42.2 Å². The topological polar surface area (TPSA) is 70.7 Å². The van der Waals surface area contributed by atoms with Crippen molar-refractivity contribution in [2.45, 2.75) is 43.5 Å². The van der Waals surface area contributed by atoms with Crippen molar-refractivity contribution >= 4 is 34.5 Å². The minimum absolute atomic E-state index is 0.0155. The van der Waals surface area contributed by atoms with Gasteiger partial charge in [-0.2, -0.15) is 0 Å². The summed E-state index contributed by atoms with van der Waals surface area (Å²) in [6, 6.07) is 11.8. The fourth-order valence-corrected chi connectivity index (χ4v) is 3.42. The van der Waals surface area contributed by atoms with Crippen molar-refractivity contribution in [2.75, 3.05) is 5.32 Å². The summed E-state index contributed by atoms with van der Waals surface area (Å²) in [6.07, 6.45) is 2.42. The molecule has 0 radical (unpaired) electrons. The highest BCUT2D eigenvalue weighted by molar-refractivity contribution is 8.00. The lowest BCUT2D eigenvalue weighted by molar-refractivity contribution is -0.115. The Hall–Kier alpha value is -2.34. The van der Waals surface area contributed by atoms with Gasteiger partial charge in [0.05, 0.1) is 10.8 Å². The number of rotatable bonds is 6. The molecule has 6 heteroatoms. The summed E-state index contributed by atoms with van der Waals surface area (Å²) < 4.78 is 0. The van der Waals surface area contributed by atoms with E-state index in [2.05, 4.69) is 46.2 Å². The fourth-order valence-electron chi connectivity index (χ4n) is 2.51. The van der Waals surface area contributed by atoms with Crippen molar-refractivity contribution in [1.82, 2.24) is 15.0 Å². The molecule has 1 amide bonds. The molecule has 2 N–H and O–H groups in total. The molecule has 3 rings (SSSR count). The van der Waals surface area contributed by atoms with Crippen molar-refractivity contribution in [3.05, 3.63) is 48.2 Å². The molecule has 0 saturated heterocycles. The standard InChI is InChI=1S/C19H22N4OS/c1-4-16(25-19-22-15-6-5-11-20-17(15)23-19)18(24)21-14-9-7-13(8-10-14)12(2)3/h5-12,16H,4H2,1-3H3,(H,21,24)(H,20,22,23)/t16-/m1/s1. The van der Waals surface area contributed by atoms with E-state index in [0.29, 0.717) is 23.1 Å². The summed E-state index contributed by atoms with van der Waals surface area (Å²) in [5.74, 6) is 0.462. The SMILES string of the molecule is CC[C@@H](Sc1nc2ncccc2[nH]1)C(=O)Nc1ccc(C(C)C)cc1. The minimum atomic E-state index is -0.217. The number of aromatic nitrogens is 3. The van der Waals surface area contributed by atoms with Crippen LogP contribution < -0.4 is 5.32 Å². The third-order valence-electron chi connectivity index (χ3n) is 4.00. The average molecular weight is 354 g/mol. The van der Waals surface area contributed by atoms with E-state index in [4.69, 9.17) is 0 Å². The number of aromatic amines is 1. The zero-order chi connectivity index (χ0) is 17.8. The van der Waals surface area contributed by atoms with E-state index in [0.717, 1.165) is 11.2 Å². The molecular formula is C19H22N4OS. The average Bonchev–Trinajstić information content (AvgIpc) is 3.02. The highest BCUT2D eigenvalue weighted by Crippen LogP contribution is 2.26. The second-order valence-corrected chi connectivity index (χ2v) is 7.39. The summed E-state index contributed by atoms with van der Waals surface area (Å²) >= 11 is 1.43. The van der Waals surface area contributed by atoms with E-state index in [1.54, 1.807) is 6.20 Å². The monoisotopic (exact) mass is 354 g/mol. The number of imidazole rings is 1. The van der Waals surface area contributed by atoms with Crippen LogP contribution in [0.2, 0.25) is 0 Å². The third kappa shape index (κ3) is 4.20. The molecule has 5 nitrogen and oxygen atoms in total. The maximum absolute atomic E-state index is 12.6. The van der Waals surface area contributed by atoms with E-state index in [9.17, 15) is 4.79 Å². The Kier molecular flexibility index (Phi) is 5.38. The molecule has 2 aromatic heterocycles. The highest BCUT2D eigenvalue weighted by atomic mass is 32.2. The number of anilines is 1. The first kappa shape index (κ1) is 17.5. The van der Waals surface area contributed by atoms with Gasteiger partial charge >= 0.3 is 0 Å². The van der Waals surface area contributed by atoms with Crippen LogP contribution in [-0.4, -0.2) is 26.1 Å². The first-order chi connectivity index (χ1) is 12.1. The summed E-state index contributed by atoms with van der Waals surface area (Å²) in [5.41, 5.74) is 3.63. The van der Waals surface area contributed by atoms with Gasteiger partial charge in [0.1, 0.15) is 0 Å². The Balaban J connectivity index is 1.68. The van der Waals surface area contributed by atoms with Crippen LogP contribution in [0.25, 0.3) is 11.2 Å². The van der Waals surface area contributed by atoms with Gasteiger partial charge in [0.15, 0.2) is 10.8 Å². The second-order valence-electron chi connectivity index (χ2n) is 6.20. The van der Waals surface area contributed by atoms with E-state index < -0.39 is 0 Å². The van der Waals surface area contributed by atoms with Crippen LogP contribution in [0.1, 0.15) is 38.7 Å². The number of nitrogens with one attached hydrogen (secondary N) is 2. The molecule has 1 aromatic carbocycles. The van der Waals surface area contributed by atoms with Gasteiger partial charge in [-0.15, -0.1) is 0 Å². The highest BCUT2D eigenvalue weighted by Gasteiger charge is 2.20. The molecule has 0 aliphatic heterocycles. The molecule has 0 bridgehead atoms. The van der Waals surface area contributed by atoms with Crippen LogP contribution >= 0.6 is 11.8 Å². The fraction of sp³-hybridized carbons (Fsp3) is 0.316. The van der Waals surface area contributed by atoms with Crippen LogP contribution in [-0.2, 0) is 4.79 Å². The van der Waals surface area contributed by atoms with Crippen LogP contribution in [0, 0.1) is 0 Å². The first-order valence-electron chi connectivity index (χ1n) is 8.45. The first-order valence-corrected chi connectivity index (χ1v) is 9.33. The number of carbonyl (C=O) groups is 1. The predicted octanol–water partition coefficient (Wildman–Crippen LogP) is 4.59. The Bertz CT molecular complexity index is 824. The Morgan fingerprint density at radius 1 is 1.24 bits per heavy atom. The summed E-state index contributed by atoms with van der Waals surface area (Å²) in [5, 5.41) is 3.49. The number of carbonyl (C=O) groups excluding carboxylic acids is 1. The van der Waals surface area contributed by atoms with Crippen molar-refractivity contribution in [3.8, 4) is 0 Å². The maximum Gasteiger partial charge on any atom is 0.237 e. The van der Waals surface area contributed by atoms with Crippen LogP contribution in [0.4, 0.5) is 5.69 Å². The van der Waals surface area contributed by atoms with Gasteiger partial charge in [0.25, 0.3) is 0 Å². The molecule has 25 heavy (non-hydrogen) atoms. The lowest BCUT2D eigenvalue weighted by Crippen LogP contribution is -2.24. The largest absolute Gasteiger partial charge is 0.332 e. The van der Waals surface area contributed by atoms with Gasteiger partial charge in [-0.3, -0.25) is 4.79 Å². The molecule has 130 valence electrons. The molecule has 0 aliphatic rings. The number of nitrogens with zero attached hydrogens (tertiary/aromatic N) is 2. The molecule has 1 atom stereocenters. The van der Waals surface area contributed by atoms with Gasteiger partial charge in [-0.1, -0.05) is 44.7 Å². The number of fused-ring (bicyclic) bond motifs is 1. The number of benzene rings is 1. The quantitative estimate of drug-likeness (QED) is 0.635. The van der Waals surface area contributed by atoms with Gasteiger partial charge < -0.3 is 10.3 Å². The minimum Gasteiger partial charge on any atom is -0.332 e. The molecular weight excluding hydrogens is 332 g/mol. The van der Waals surface area contributed by atoms with E-state index in [-0.39, 0.29) is 11.2 Å². The summed E-state index contributed by atoms with van der Waals surface area (Å²) in [7, 11) is 0. The summed E-state index contributed by atoms with van der Waals surface area (Å²) in [4.78, 5) is 24.5. The molecule has 0 saturated carbocycles. The Morgan fingerprint density at radius 3 is 2.64 bits per heavy atom. The van der Waals surface area contributed by atoms with Gasteiger partial charge in [-0.25, -0.2) is 9.97 Å². The lowest BCUT2D eigenvalue weighted by atomic mass is 10.0. The normalized spacial score (nSPS) is 12.5. The van der Waals surface area contributed by atoms with E-state index >= 15 is 0 Å². The second kappa shape index (κ2) is 7.70. The number of thioether (sulfide) groups is 1. The van der Waals surface area contributed by atoms with Crippen LogP contribution in [0.3, 0.4) is 0 Å². The predicted molar refractivity (Wildman–Crippen MR) is 103 cm³/mol. The molecule has 0 fully saturated rings.